The van der Waals surface area contributed by atoms with Crippen molar-refractivity contribution in [3.05, 3.63) is 32.2 Å². The number of halogens is 1. The summed E-state index contributed by atoms with van der Waals surface area (Å²) in [7, 11) is 0. The normalized spacial score (nSPS) is 15.6. The van der Waals surface area contributed by atoms with Crippen LogP contribution in [-0.4, -0.2) is 19.5 Å². The summed E-state index contributed by atoms with van der Waals surface area (Å²) < 4.78 is 1.40. The van der Waals surface area contributed by atoms with Crippen LogP contribution >= 0.6 is 11.6 Å². The van der Waals surface area contributed by atoms with Gasteiger partial charge in [0.25, 0.3) is 0 Å². The Morgan fingerprint density at radius 3 is 2.81 bits per heavy atom. The molecule has 3 rings (SSSR count). The van der Waals surface area contributed by atoms with Crippen LogP contribution in [-0.2, 0) is 0 Å². The molecule has 7 heteroatoms. The maximum atomic E-state index is 11.7. The minimum absolute atomic E-state index is 0.0725. The maximum absolute atomic E-state index is 11.7. The third-order valence-corrected chi connectivity index (χ3v) is 2.86. The van der Waals surface area contributed by atoms with E-state index < -0.39 is 11.1 Å². The zero-order valence-corrected chi connectivity index (χ0v) is 8.86. The second-order valence-electron chi connectivity index (χ2n) is 3.72. The summed E-state index contributed by atoms with van der Waals surface area (Å²) >= 11 is 5.84. The summed E-state index contributed by atoms with van der Waals surface area (Å²) in [4.78, 5) is 33.3. The third-order valence-electron chi connectivity index (χ3n) is 2.57. The van der Waals surface area contributed by atoms with Crippen molar-refractivity contribution < 1.29 is 0 Å². The van der Waals surface area contributed by atoms with E-state index in [2.05, 4.69) is 15.0 Å². The molecule has 0 aromatic carbocycles. The molecule has 1 fully saturated rings. The van der Waals surface area contributed by atoms with Crippen molar-refractivity contribution in [3.63, 3.8) is 0 Å². The molecular formula is C9H7ClN4O2. The van der Waals surface area contributed by atoms with Gasteiger partial charge in [0, 0.05) is 6.04 Å². The van der Waals surface area contributed by atoms with E-state index in [4.69, 9.17) is 11.6 Å². The van der Waals surface area contributed by atoms with Crippen LogP contribution in [0, 0.1) is 0 Å². The first-order valence-corrected chi connectivity index (χ1v) is 5.21. The van der Waals surface area contributed by atoms with Gasteiger partial charge in [-0.25, -0.2) is 9.97 Å². The van der Waals surface area contributed by atoms with Crippen molar-refractivity contribution in [2.24, 2.45) is 0 Å². The lowest BCUT2D eigenvalue weighted by molar-refractivity contribution is 0.714. The van der Waals surface area contributed by atoms with Gasteiger partial charge in [-0.15, -0.1) is 0 Å². The molecule has 0 amide bonds. The Morgan fingerprint density at radius 2 is 2.12 bits per heavy atom. The number of hydrogen-bond donors (Lipinski definition) is 1. The van der Waals surface area contributed by atoms with Crippen LogP contribution in [0.4, 0.5) is 0 Å². The van der Waals surface area contributed by atoms with E-state index in [0.717, 1.165) is 12.8 Å². The molecule has 2 aromatic rings. The molecule has 82 valence electrons. The fraction of sp³-hybridized carbons (Fsp3) is 0.333. The molecule has 0 unspecified atom stereocenters. The van der Waals surface area contributed by atoms with Gasteiger partial charge in [-0.1, -0.05) is 11.6 Å². The molecular weight excluding hydrogens is 232 g/mol. The Morgan fingerprint density at radius 1 is 1.38 bits per heavy atom. The second-order valence-corrected chi connectivity index (χ2v) is 4.08. The summed E-state index contributed by atoms with van der Waals surface area (Å²) in [6.07, 6.45) is 3.06. The SMILES string of the molecule is O=c1[nH]c2c(Cl)ncnc2n(C2CC2)c1=O. The zero-order valence-electron chi connectivity index (χ0n) is 8.11. The third kappa shape index (κ3) is 1.26. The lowest BCUT2D eigenvalue weighted by atomic mass is 10.4. The molecule has 1 N–H and O–H groups in total. The van der Waals surface area contributed by atoms with E-state index in [0.29, 0.717) is 11.2 Å². The summed E-state index contributed by atoms with van der Waals surface area (Å²) in [5, 5.41) is 0.150. The average Bonchev–Trinajstić information content (AvgIpc) is 3.06. The number of fused-ring (bicyclic) bond motifs is 1. The molecule has 2 aromatic heterocycles. The molecule has 1 aliphatic carbocycles. The van der Waals surface area contributed by atoms with Gasteiger partial charge in [0.05, 0.1) is 0 Å². The largest absolute Gasteiger partial charge is 0.318 e. The van der Waals surface area contributed by atoms with E-state index in [9.17, 15) is 9.59 Å². The predicted molar refractivity (Wildman–Crippen MR) is 57.7 cm³/mol. The van der Waals surface area contributed by atoms with E-state index in [-0.39, 0.29) is 11.2 Å². The second kappa shape index (κ2) is 3.15. The van der Waals surface area contributed by atoms with Crippen LogP contribution in [0.2, 0.25) is 5.15 Å². The molecule has 16 heavy (non-hydrogen) atoms. The predicted octanol–water partition coefficient (Wildman–Crippen LogP) is 0.468. The van der Waals surface area contributed by atoms with Crippen molar-refractivity contribution in [1.29, 1.82) is 0 Å². The highest BCUT2D eigenvalue weighted by Crippen LogP contribution is 2.34. The van der Waals surface area contributed by atoms with Gasteiger partial charge < -0.3 is 4.98 Å². The van der Waals surface area contributed by atoms with Crippen LogP contribution in [0.5, 0.6) is 0 Å². The van der Waals surface area contributed by atoms with Gasteiger partial charge in [-0.3, -0.25) is 14.2 Å². The number of H-pyrrole nitrogens is 1. The topological polar surface area (TPSA) is 80.6 Å². The van der Waals surface area contributed by atoms with Gasteiger partial charge in [-0.2, -0.15) is 0 Å². The quantitative estimate of drug-likeness (QED) is 0.578. The fourth-order valence-electron chi connectivity index (χ4n) is 1.69. The number of nitrogens with zero attached hydrogens (tertiary/aromatic N) is 3. The van der Waals surface area contributed by atoms with E-state index in [1.54, 1.807) is 0 Å². The molecule has 6 nitrogen and oxygen atoms in total. The molecule has 0 spiro atoms. The molecule has 0 radical (unpaired) electrons. The number of aromatic amines is 1. The Balaban J connectivity index is 2.53. The molecule has 0 aliphatic heterocycles. The molecule has 0 saturated heterocycles. The Labute approximate surface area is 93.9 Å². The van der Waals surface area contributed by atoms with Gasteiger partial charge in [0.1, 0.15) is 11.8 Å². The molecule has 0 bridgehead atoms. The van der Waals surface area contributed by atoms with E-state index in [1.165, 1.54) is 10.9 Å². The smallest absolute Gasteiger partial charge is 0.312 e. The highest BCUT2D eigenvalue weighted by molar-refractivity contribution is 6.33. The lowest BCUT2D eigenvalue weighted by Crippen LogP contribution is -2.36. The maximum Gasteiger partial charge on any atom is 0.318 e. The van der Waals surface area contributed by atoms with E-state index >= 15 is 0 Å². The highest BCUT2D eigenvalue weighted by Gasteiger charge is 2.28. The summed E-state index contributed by atoms with van der Waals surface area (Å²) in [5.41, 5.74) is -0.548. The van der Waals surface area contributed by atoms with Gasteiger partial charge in [-0.05, 0) is 12.8 Å². The monoisotopic (exact) mass is 238 g/mol. The molecule has 0 atom stereocenters. The molecule has 2 heterocycles. The first-order chi connectivity index (χ1) is 7.68. The Kier molecular flexibility index (Phi) is 1.88. The van der Waals surface area contributed by atoms with Gasteiger partial charge in [0.2, 0.25) is 0 Å². The van der Waals surface area contributed by atoms with Crippen LogP contribution in [0.15, 0.2) is 15.9 Å². The van der Waals surface area contributed by atoms with Gasteiger partial charge in [0.15, 0.2) is 10.8 Å². The van der Waals surface area contributed by atoms with Crippen molar-refractivity contribution >= 4 is 22.8 Å². The minimum atomic E-state index is -0.684. The Bertz CT molecular complexity index is 686. The molecule has 1 saturated carbocycles. The number of aromatic nitrogens is 4. The van der Waals surface area contributed by atoms with Crippen molar-refractivity contribution in [3.8, 4) is 0 Å². The summed E-state index contributed by atoms with van der Waals surface area (Å²) in [6, 6.07) is 0.0725. The van der Waals surface area contributed by atoms with Crippen LogP contribution < -0.4 is 11.1 Å². The zero-order chi connectivity index (χ0) is 11.3. The highest BCUT2D eigenvalue weighted by atomic mass is 35.5. The van der Waals surface area contributed by atoms with Crippen LogP contribution in [0.25, 0.3) is 11.2 Å². The minimum Gasteiger partial charge on any atom is -0.312 e. The summed E-state index contributed by atoms with van der Waals surface area (Å²) in [5.74, 6) is 0. The van der Waals surface area contributed by atoms with Crippen molar-refractivity contribution in [1.82, 2.24) is 19.5 Å². The number of rotatable bonds is 1. The molecule has 1 aliphatic rings. The van der Waals surface area contributed by atoms with Crippen LogP contribution in [0.1, 0.15) is 18.9 Å². The lowest BCUT2D eigenvalue weighted by Gasteiger charge is -2.06. The standard InChI is InChI=1S/C9H7ClN4O2/c10-6-5-7(12-3-11-6)14(4-1-2-4)9(16)8(15)13-5/h3-4H,1-2H2,(H,13,15). The number of nitrogens with one attached hydrogen (secondary N) is 1. The van der Waals surface area contributed by atoms with E-state index in [1.807, 2.05) is 0 Å². The van der Waals surface area contributed by atoms with Crippen molar-refractivity contribution in [2.75, 3.05) is 0 Å². The van der Waals surface area contributed by atoms with Gasteiger partial charge >= 0.3 is 11.1 Å². The van der Waals surface area contributed by atoms with Crippen LogP contribution in [0.3, 0.4) is 0 Å². The fourth-order valence-corrected chi connectivity index (χ4v) is 1.87. The first kappa shape index (κ1) is 9.53. The number of hydrogen-bond acceptors (Lipinski definition) is 4. The average molecular weight is 239 g/mol. The summed E-state index contributed by atoms with van der Waals surface area (Å²) in [6.45, 7) is 0. The first-order valence-electron chi connectivity index (χ1n) is 4.83. The Hall–Kier alpha value is -1.69. The van der Waals surface area contributed by atoms with Crippen molar-refractivity contribution in [2.45, 2.75) is 18.9 Å².